The fourth-order valence-electron chi connectivity index (χ4n) is 2.68. The fourth-order valence-corrected chi connectivity index (χ4v) is 2.68. The van der Waals surface area contributed by atoms with Gasteiger partial charge in [0, 0.05) is 30.8 Å². The molecule has 1 heterocycles. The van der Waals surface area contributed by atoms with Crippen molar-refractivity contribution in [1.82, 2.24) is 10.2 Å². The summed E-state index contributed by atoms with van der Waals surface area (Å²) in [7, 11) is 0. The van der Waals surface area contributed by atoms with Gasteiger partial charge in [-0.15, -0.1) is 0 Å². The van der Waals surface area contributed by atoms with E-state index in [-0.39, 0.29) is 18.4 Å². The van der Waals surface area contributed by atoms with Crippen molar-refractivity contribution >= 4 is 23.9 Å². The first-order valence-corrected chi connectivity index (χ1v) is 8.13. The van der Waals surface area contributed by atoms with E-state index in [9.17, 15) is 14.4 Å². The smallest absolute Gasteiger partial charge is 0.308 e. The molecule has 0 radical (unpaired) electrons. The van der Waals surface area contributed by atoms with Gasteiger partial charge in [0.2, 0.25) is 5.91 Å². The van der Waals surface area contributed by atoms with Gasteiger partial charge >= 0.3 is 5.97 Å². The average molecular weight is 328 g/mol. The normalized spacial score (nSPS) is 20.3. The van der Waals surface area contributed by atoms with E-state index in [2.05, 4.69) is 5.32 Å². The third kappa shape index (κ3) is 4.01. The Balaban J connectivity index is 1.55. The zero-order chi connectivity index (χ0) is 17.1. The van der Waals surface area contributed by atoms with Crippen LogP contribution in [0.25, 0.3) is 6.08 Å². The number of carboxylic acids is 1. The minimum atomic E-state index is -0.852. The summed E-state index contributed by atoms with van der Waals surface area (Å²) < 4.78 is 0. The summed E-state index contributed by atoms with van der Waals surface area (Å²) in [5.74, 6) is -1.57. The number of likely N-dealkylation sites (tertiary alicyclic amines) is 1. The van der Waals surface area contributed by atoms with E-state index in [4.69, 9.17) is 5.11 Å². The van der Waals surface area contributed by atoms with Crippen molar-refractivity contribution in [1.29, 1.82) is 0 Å². The Bertz CT molecular complexity index is 677. The first kappa shape index (κ1) is 16.2. The van der Waals surface area contributed by atoms with Crippen LogP contribution in [-0.4, -0.2) is 46.9 Å². The number of nitrogens with one attached hydrogen (secondary N) is 1. The zero-order valence-electron chi connectivity index (χ0n) is 13.3. The summed E-state index contributed by atoms with van der Waals surface area (Å²) in [6.07, 6.45) is 5.73. The number of carbonyl (C=O) groups is 3. The maximum atomic E-state index is 12.1. The van der Waals surface area contributed by atoms with E-state index in [0.29, 0.717) is 24.6 Å². The number of amides is 2. The van der Waals surface area contributed by atoms with Crippen molar-refractivity contribution in [2.24, 2.45) is 5.92 Å². The zero-order valence-corrected chi connectivity index (χ0v) is 13.3. The summed E-state index contributed by atoms with van der Waals surface area (Å²) in [6.45, 7) is 0.735. The first-order valence-electron chi connectivity index (χ1n) is 8.13. The molecular formula is C18H20N2O4. The highest BCUT2D eigenvalue weighted by Gasteiger charge is 2.29. The van der Waals surface area contributed by atoms with E-state index in [1.165, 1.54) is 6.08 Å². The molecule has 1 aliphatic carbocycles. The Labute approximate surface area is 140 Å². The Hall–Kier alpha value is -2.63. The second kappa shape index (κ2) is 6.86. The monoisotopic (exact) mass is 328 g/mol. The van der Waals surface area contributed by atoms with Gasteiger partial charge in [-0.05, 0) is 43.0 Å². The molecule has 1 aromatic rings. The van der Waals surface area contributed by atoms with Gasteiger partial charge in [0.05, 0.1) is 5.92 Å². The molecule has 2 aliphatic rings. The molecule has 1 unspecified atom stereocenters. The number of benzene rings is 1. The van der Waals surface area contributed by atoms with Crippen LogP contribution in [0.2, 0.25) is 0 Å². The molecule has 2 N–H and O–H groups in total. The van der Waals surface area contributed by atoms with Crippen LogP contribution in [0.4, 0.5) is 0 Å². The van der Waals surface area contributed by atoms with Crippen LogP contribution in [0.15, 0.2) is 30.3 Å². The Kier molecular flexibility index (Phi) is 4.64. The Morgan fingerprint density at radius 3 is 2.42 bits per heavy atom. The lowest BCUT2D eigenvalue weighted by atomic mass is 10.1. The second-order valence-electron chi connectivity index (χ2n) is 6.31. The number of aliphatic carboxylic acids is 1. The van der Waals surface area contributed by atoms with E-state index >= 15 is 0 Å². The summed E-state index contributed by atoms with van der Waals surface area (Å²) in [5.41, 5.74) is 1.43. The summed E-state index contributed by atoms with van der Waals surface area (Å²) in [4.78, 5) is 36.4. The van der Waals surface area contributed by atoms with E-state index < -0.39 is 11.9 Å². The van der Waals surface area contributed by atoms with E-state index in [0.717, 1.165) is 18.4 Å². The van der Waals surface area contributed by atoms with Gasteiger partial charge < -0.3 is 15.3 Å². The van der Waals surface area contributed by atoms with Crippen LogP contribution in [0.3, 0.4) is 0 Å². The van der Waals surface area contributed by atoms with Gasteiger partial charge in [0.25, 0.3) is 5.91 Å². The van der Waals surface area contributed by atoms with Crippen molar-refractivity contribution in [3.05, 3.63) is 41.5 Å². The molecule has 1 aliphatic heterocycles. The van der Waals surface area contributed by atoms with Crippen molar-refractivity contribution in [3.63, 3.8) is 0 Å². The molecule has 6 heteroatoms. The molecule has 0 aromatic heterocycles. The van der Waals surface area contributed by atoms with Crippen LogP contribution in [0, 0.1) is 5.92 Å². The fraction of sp³-hybridized carbons (Fsp3) is 0.389. The van der Waals surface area contributed by atoms with Crippen LogP contribution in [0.1, 0.15) is 35.2 Å². The van der Waals surface area contributed by atoms with Gasteiger partial charge in [-0.1, -0.05) is 12.1 Å². The molecule has 0 spiro atoms. The van der Waals surface area contributed by atoms with Crippen LogP contribution in [-0.2, 0) is 9.59 Å². The topological polar surface area (TPSA) is 86.7 Å². The molecule has 1 saturated heterocycles. The average Bonchev–Trinajstić information content (AvgIpc) is 3.24. The predicted molar refractivity (Wildman–Crippen MR) is 88.3 cm³/mol. The Morgan fingerprint density at radius 2 is 1.83 bits per heavy atom. The third-order valence-electron chi connectivity index (χ3n) is 4.35. The molecular weight excluding hydrogens is 308 g/mol. The van der Waals surface area contributed by atoms with Crippen LogP contribution >= 0.6 is 0 Å². The lowest BCUT2D eigenvalue weighted by Crippen LogP contribution is -2.28. The highest BCUT2D eigenvalue weighted by molar-refractivity contribution is 5.95. The number of nitrogens with zero attached hydrogens (tertiary/aromatic N) is 1. The first-order chi connectivity index (χ1) is 11.5. The highest BCUT2D eigenvalue weighted by Crippen LogP contribution is 2.20. The second-order valence-corrected chi connectivity index (χ2v) is 6.31. The number of rotatable bonds is 5. The number of hydrogen-bond donors (Lipinski definition) is 2. The van der Waals surface area contributed by atoms with Gasteiger partial charge in [-0.3, -0.25) is 14.4 Å². The molecule has 0 bridgehead atoms. The number of carboxylic acid groups (broad SMARTS) is 1. The van der Waals surface area contributed by atoms with Gasteiger partial charge in [-0.2, -0.15) is 0 Å². The quantitative estimate of drug-likeness (QED) is 0.803. The van der Waals surface area contributed by atoms with Crippen LogP contribution < -0.4 is 5.32 Å². The predicted octanol–water partition coefficient (Wildman–Crippen LogP) is 1.53. The Morgan fingerprint density at radius 1 is 1.12 bits per heavy atom. The highest BCUT2D eigenvalue weighted by atomic mass is 16.4. The summed E-state index contributed by atoms with van der Waals surface area (Å²) in [5, 5.41) is 11.9. The van der Waals surface area contributed by atoms with Crippen molar-refractivity contribution in [3.8, 4) is 0 Å². The van der Waals surface area contributed by atoms with E-state index in [1.54, 1.807) is 35.2 Å². The lowest BCUT2D eigenvalue weighted by molar-refractivity contribution is -0.141. The number of carbonyl (C=O) groups excluding carboxylic acids is 2. The van der Waals surface area contributed by atoms with Crippen molar-refractivity contribution in [2.45, 2.75) is 25.3 Å². The molecule has 126 valence electrons. The van der Waals surface area contributed by atoms with Gasteiger partial charge in [0.15, 0.2) is 0 Å². The van der Waals surface area contributed by atoms with E-state index in [1.807, 2.05) is 0 Å². The van der Waals surface area contributed by atoms with Crippen molar-refractivity contribution < 1.29 is 19.5 Å². The molecule has 24 heavy (non-hydrogen) atoms. The molecule has 2 amide bonds. The SMILES string of the molecule is O=C(NC1CC1)c1ccc(C=CC(=O)N2CCC(C(=O)O)C2)cc1. The lowest BCUT2D eigenvalue weighted by Gasteiger charge is -2.12. The maximum absolute atomic E-state index is 12.1. The molecule has 2 fully saturated rings. The summed E-state index contributed by atoms with van der Waals surface area (Å²) >= 11 is 0. The minimum Gasteiger partial charge on any atom is -0.481 e. The minimum absolute atomic E-state index is 0.0686. The summed E-state index contributed by atoms with van der Waals surface area (Å²) in [6, 6.07) is 7.37. The molecule has 1 atom stereocenters. The maximum Gasteiger partial charge on any atom is 0.308 e. The third-order valence-corrected chi connectivity index (χ3v) is 4.35. The number of hydrogen-bond acceptors (Lipinski definition) is 3. The van der Waals surface area contributed by atoms with Crippen molar-refractivity contribution in [2.75, 3.05) is 13.1 Å². The van der Waals surface area contributed by atoms with Gasteiger partial charge in [0.1, 0.15) is 0 Å². The van der Waals surface area contributed by atoms with Gasteiger partial charge in [-0.25, -0.2) is 0 Å². The molecule has 1 aromatic carbocycles. The molecule has 1 saturated carbocycles. The standard InChI is InChI=1S/C18H20N2O4/c21-16(20-10-9-14(11-20)18(23)24)8-3-12-1-4-13(5-2-12)17(22)19-15-6-7-15/h1-5,8,14-15H,6-7,9-11H2,(H,19,22)(H,23,24). The largest absolute Gasteiger partial charge is 0.481 e. The molecule has 3 rings (SSSR count). The molecule has 6 nitrogen and oxygen atoms in total. The van der Waals surface area contributed by atoms with Crippen LogP contribution in [0.5, 0.6) is 0 Å².